The van der Waals surface area contributed by atoms with E-state index in [-0.39, 0.29) is 22.7 Å². The molecule has 2 aromatic carbocycles. The molecular weight excluding hydrogens is 516 g/mol. The zero-order valence-corrected chi connectivity index (χ0v) is 25.1. The van der Waals surface area contributed by atoms with Gasteiger partial charge in [-0.15, -0.1) is 0 Å². The summed E-state index contributed by atoms with van der Waals surface area (Å²) in [5, 5.41) is 3.46. The number of hydrogen-bond donors (Lipinski definition) is 1. The Balaban J connectivity index is 1.54. The second-order valence-electron chi connectivity index (χ2n) is 11.9. The van der Waals surface area contributed by atoms with Crippen molar-refractivity contribution >= 4 is 26.0 Å². The molecule has 2 aromatic heterocycles. The number of rotatable bonds is 7. The van der Waals surface area contributed by atoms with Crippen LogP contribution in [0.5, 0.6) is 0 Å². The Morgan fingerprint density at radius 1 is 0.975 bits per heavy atom. The zero-order chi connectivity index (χ0) is 28.5. The summed E-state index contributed by atoms with van der Waals surface area (Å²) >= 11 is 0. The van der Waals surface area contributed by atoms with Crippen LogP contribution >= 0.6 is 0 Å². The highest BCUT2D eigenvalue weighted by Crippen LogP contribution is 2.39. The maximum Gasteiger partial charge on any atom is 0.255 e. The third-order valence-corrected chi connectivity index (χ3v) is 12.4. The van der Waals surface area contributed by atoms with Crippen molar-refractivity contribution in [2.24, 2.45) is 0 Å². The van der Waals surface area contributed by atoms with Crippen LogP contribution in [0.1, 0.15) is 39.3 Å². The average Bonchev–Trinajstić information content (AvgIpc) is 2.93. The van der Waals surface area contributed by atoms with E-state index in [9.17, 15) is 4.79 Å². The molecule has 0 radical (unpaired) electrons. The van der Waals surface area contributed by atoms with Crippen molar-refractivity contribution in [1.29, 1.82) is 0 Å². The summed E-state index contributed by atoms with van der Waals surface area (Å²) in [5.74, 6) is 1.73. The summed E-state index contributed by atoms with van der Waals surface area (Å²) in [6.45, 7) is 14.2. The van der Waals surface area contributed by atoms with Crippen LogP contribution in [-0.2, 0) is 11.0 Å². The lowest BCUT2D eigenvalue weighted by molar-refractivity contribution is 0.157. The van der Waals surface area contributed by atoms with Crippen LogP contribution < -0.4 is 15.8 Å². The van der Waals surface area contributed by atoms with Gasteiger partial charge in [-0.25, -0.2) is 9.97 Å². The average molecular weight is 555 g/mol. The quantitative estimate of drug-likeness (QED) is 0.264. The van der Waals surface area contributed by atoms with Gasteiger partial charge in [-0.05, 0) is 36.7 Å². The van der Waals surface area contributed by atoms with Crippen LogP contribution in [0.15, 0.2) is 83.8 Å². The summed E-state index contributed by atoms with van der Waals surface area (Å²) in [5.41, 5.74) is 2.56. The van der Waals surface area contributed by atoms with Gasteiger partial charge >= 0.3 is 0 Å². The molecule has 208 valence electrons. The van der Waals surface area contributed by atoms with E-state index in [4.69, 9.17) is 14.4 Å². The van der Waals surface area contributed by atoms with Crippen LogP contribution in [0.4, 0.5) is 17.7 Å². The van der Waals surface area contributed by atoms with Crippen LogP contribution in [0.25, 0.3) is 11.3 Å². The second-order valence-corrected chi connectivity index (χ2v) is 16.6. The molecule has 0 fully saturated rings. The molecule has 3 heterocycles. The number of fused-ring (bicyclic) bond motifs is 1. The maximum absolute atomic E-state index is 13.5. The molecule has 2 atom stereocenters. The highest BCUT2D eigenvalue weighted by molar-refractivity contribution is 6.74. The van der Waals surface area contributed by atoms with Crippen molar-refractivity contribution in [2.75, 3.05) is 16.8 Å². The smallest absolute Gasteiger partial charge is 0.255 e. The molecule has 0 saturated heterocycles. The van der Waals surface area contributed by atoms with Gasteiger partial charge in [-0.2, -0.15) is 4.98 Å². The molecule has 0 aliphatic carbocycles. The number of hydrogen-bond acceptors (Lipinski definition) is 7. The van der Waals surface area contributed by atoms with Crippen molar-refractivity contribution in [3.05, 3.63) is 94.9 Å². The fraction of sp³-hybridized carbons (Fsp3) is 0.355. The van der Waals surface area contributed by atoms with Gasteiger partial charge in [0.2, 0.25) is 11.9 Å². The van der Waals surface area contributed by atoms with Crippen molar-refractivity contribution in [2.45, 2.75) is 64.5 Å². The highest BCUT2D eigenvalue weighted by Gasteiger charge is 2.41. The molecule has 0 spiro atoms. The van der Waals surface area contributed by atoms with E-state index < -0.39 is 8.32 Å². The maximum atomic E-state index is 13.5. The van der Waals surface area contributed by atoms with Gasteiger partial charge in [0.15, 0.2) is 8.32 Å². The molecule has 5 rings (SSSR count). The zero-order valence-electron chi connectivity index (χ0n) is 24.1. The SMILES string of the molecule is CC(Nc1nccc(N2CC(O[Si](C)(C)C(C)(C)C)Cn3c2nc(-c2ccccc2)cc3=O)n1)c1ccccc1. The molecule has 1 aliphatic rings. The lowest BCUT2D eigenvalue weighted by Crippen LogP contribution is -2.52. The van der Waals surface area contributed by atoms with Gasteiger partial charge in [0, 0.05) is 17.8 Å². The Labute approximate surface area is 237 Å². The largest absolute Gasteiger partial charge is 0.410 e. The number of anilines is 3. The van der Waals surface area contributed by atoms with Crippen LogP contribution in [0, 0.1) is 0 Å². The van der Waals surface area contributed by atoms with Crippen LogP contribution in [-0.4, -0.2) is 40.5 Å². The molecular formula is C31H38N6O2Si. The first-order valence-corrected chi connectivity index (χ1v) is 16.7. The lowest BCUT2D eigenvalue weighted by atomic mass is 10.1. The Hall–Kier alpha value is -3.82. The number of nitrogens with zero attached hydrogens (tertiary/aromatic N) is 5. The number of nitrogens with one attached hydrogen (secondary N) is 1. The topological polar surface area (TPSA) is 85.2 Å². The van der Waals surface area contributed by atoms with Gasteiger partial charge < -0.3 is 9.74 Å². The molecule has 1 N–H and O–H groups in total. The van der Waals surface area contributed by atoms with Gasteiger partial charge in [0.25, 0.3) is 5.56 Å². The fourth-order valence-corrected chi connectivity index (χ4v) is 5.96. The Bertz CT molecular complexity index is 1520. The van der Waals surface area contributed by atoms with E-state index in [0.29, 0.717) is 36.5 Å². The first-order chi connectivity index (χ1) is 19.0. The van der Waals surface area contributed by atoms with Gasteiger partial charge in [-0.3, -0.25) is 14.3 Å². The van der Waals surface area contributed by atoms with Crippen molar-refractivity contribution in [3.63, 3.8) is 0 Å². The summed E-state index contributed by atoms with van der Waals surface area (Å²) in [7, 11) is -2.10. The predicted octanol–water partition coefficient (Wildman–Crippen LogP) is 6.42. The monoisotopic (exact) mass is 554 g/mol. The molecule has 0 amide bonds. The second kappa shape index (κ2) is 11.0. The highest BCUT2D eigenvalue weighted by atomic mass is 28.4. The van der Waals surface area contributed by atoms with Crippen LogP contribution in [0.2, 0.25) is 18.1 Å². The van der Waals surface area contributed by atoms with Crippen LogP contribution in [0.3, 0.4) is 0 Å². The minimum absolute atomic E-state index is 0.0187. The molecule has 8 nitrogen and oxygen atoms in total. The van der Waals surface area contributed by atoms with Gasteiger partial charge in [-0.1, -0.05) is 81.4 Å². The summed E-state index contributed by atoms with van der Waals surface area (Å²) in [4.78, 5) is 29.9. The number of aromatic nitrogens is 4. The third kappa shape index (κ3) is 5.85. The molecule has 4 aromatic rings. The van der Waals surface area contributed by atoms with E-state index in [1.165, 1.54) is 0 Å². The molecule has 0 bridgehead atoms. The predicted molar refractivity (Wildman–Crippen MR) is 164 cm³/mol. The summed E-state index contributed by atoms with van der Waals surface area (Å²) in [6.07, 6.45) is 1.55. The van der Waals surface area contributed by atoms with E-state index in [1.807, 2.05) is 59.5 Å². The van der Waals surface area contributed by atoms with Gasteiger partial charge in [0.1, 0.15) is 5.82 Å². The fourth-order valence-electron chi connectivity index (χ4n) is 4.63. The van der Waals surface area contributed by atoms with E-state index >= 15 is 0 Å². The minimum Gasteiger partial charge on any atom is -0.410 e. The molecule has 40 heavy (non-hydrogen) atoms. The summed E-state index contributed by atoms with van der Waals surface area (Å²) in [6, 6.07) is 23.5. The molecule has 9 heteroatoms. The molecule has 2 unspecified atom stereocenters. The first kappa shape index (κ1) is 27.7. The van der Waals surface area contributed by atoms with E-state index in [0.717, 1.165) is 11.1 Å². The van der Waals surface area contributed by atoms with Crippen molar-refractivity contribution < 1.29 is 4.43 Å². The van der Waals surface area contributed by atoms with Crippen molar-refractivity contribution in [3.8, 4) is 11.3 Å². The lowest BCUT2D eigenvalue weighted by Gasteiger charge is -2.43. The standard InChI is InChI=1S/C31H38N6O2Si/c1-22(23-13-9-7-10-14-23)33-29-32-18-17-27(35-29)36-20-25(39-40(5,6)31(2,3)4)21-37-28(38)19-26(34-30(36)37)24-15-11-8-12-16-24/h7-19,22,25H,20-21H2,1-6H3,(H,32,33,35). The van der Waals surface area contributed by atoms with Gasteiger partial charge in [0.05, 0.1) is 30.9 Å². The Morgan fingerprint density at radius 2 is 1.65 bits per heavy atom. The Morgan fingerprint density at radius 3 is 2.33 bits per heavy atom. The number of benzene rings is 2. The molecule has 1 aliphatic heterocycles. The Kier molecular flexibility index (Phi) is 7.61. The third-order valence-electron chi connectivity index (χ3n) is 7.90. The minimum atomic E-state index is -2.10. The first-order valence-electron chi connectivity index (χ1n) is 13.8. The molecule has 0 saturated carbocycles. The van der Waals surface area contributed by atoms with E-state index in [2.05, 4.69) is 63.2 Å². The van der Waals surface area contributed by atoms with E-state index in [1.54, 1.807) is 16.8 Å². The van der Waals surface area contributed by atoms with Crippen molar-refractivity contribution in [1.82, 2.24) is 19.5 Å². The summed E-state index contributed by atoms with van der Waals surface area (Å²) < 4.78 is 8.54. The normalized spacial score (nSPS) is 16.4.